The Balaban J connectivity index is 4.04. The number of carbonyl (C=O) groups excluding carboxylic acids is 1. The normalized spacial score (nSPS) is 11.7. The van der Waals surface area contributed by atoms with Crippen LogP contribution in [0, 0.1) is 0 Å². The van der Waals surface area contributed by atoms with Gasteiger partial charge < -0.3 is 14.5 Å². The molecule has 0 aromatic carbocycles. The molecule has 4 heteroatoms. The molecule has 0 fully saturated rings. The van der Waals surface area contributed by atoms with Gasteiger partial charge in [-0.25, -0.2) is 0 Å². The number of nitrogens with zero attached hydrogens (tertiary/aromatic N) is 2. The molecule has 0 heterocycles. The van der Waals surface area contributed by atoms with Gasteiger partial charge in [0, 0.05) is 13.5 Å². The molecule has 0 aromatic heterocycles. The van der Waals surface area contributed by atoms with Crippen LogP contribution in [0.5, 0.6) is 0 Å². The van der Waals surface area contributed by atoms with Crippen molar-refractivity contribution in [1.82, 2.24) is 4.90 Å². The highest BCUT2D eigenvalue weighted by molar-refractivity contribution is 5.75. The number of aliphatic hydroxyl groups excluding tert-OH is 1. The molecule has 0 saturated heterocycles. The van der Waals surface area contributed by atoms with Gasteiger partial charge >= 0.3 is 0 Å². The highest BCUT2D eigenvalue weighted by atomic mass is 16.3. The van der Waals surface area contributed by atoms with Crippen molar-refractivity contribution in [2.45, 2.75) is 59.3 Å². The number of hydrogen-bond acceptors (Lipinski definition) is 2. The van der Waals surface area contributed by atoms with Crippen molar-refractivity contribution in [2.24, 2.45) is 0 Å². The molecule has 0 spiro atoms. The molecule has 0 aromatic rings. The van der Waals surface area contributed by atoms with Crippen molar-refractivity contribution in [3.05, 3.63) is 0 Å². The summed E-state index contributed by atoms with van der Waals surface area (Å²) in [6.07, 6.45) is 6.63. The Bertz CT molecular complexity index is 266. The van der Waals surface area contributed by atoms with Gasteiger partial charge in [-0.3, -0.25) is 4.79 Å². The molecule has 0 bridgehead atoms. The third-order valence-corrected chi connectivity index (χ3v) is 4.75. The summed E-state index contributed by atoms with van der Waals surface area (Å²) in [6.45, 7) is 11.3. The van der Waals surface area contributed by atoms with Crippen LogP contribution < -0.4 is 0 Å². The monoisotopic (exact) mass is 301 g/mol. The predicted octanol–water partition coefficient (Wildman–Crippen LogP) is 2.65. The molecule has 0 unspecified atom stereocenters. The van der Waals surface area contributed by atoms with E-state index >= 15 is 0 Å². The zero-order valence-electron chi connectivity index (χ0n) is 14.7. The molecule has 0 aliphatic rings. The van der Waals surface area contributed by atoms with E-state index in [1.54, 1.807) is 0 Å². The van der Waals surface area contributed by atoms with Crippen LogP contribution in [0.1, 0.15) is 59.3 Å². The molecule has 0 rings (SSSR count). The maximum Gasteiger partial charge on any atom is 0.222 e. The molecule has 126 valence electrons. The summed E-state index contributed by atoms with van der Waals surface area (Å²) in [5, 5.41) is 9.23. The van der Waals surface area contributed by atoms with Gasteiger partial charge in [0.25, 0.3) is 0 Å². The fourth-order valence-corrected chi connectivity index (χ4v) is 2.74. The van der Waals surface area contributed by atoms with Crippen LogP contribution in [0.2, 0.25) is 0 Å². The van der Waals surface area contributed by atoms with Gasteiger partial charge in [0.2, 0.25) is 5.91 Å². The van der Waals surface area contributed by atoms with E-state index in [4.69, 9.17) is 0 Å². The molecule has 1 amide bonds. The quantitative estimate of drug-likeness (QED) is 0.420. The van der Waals surface area contributed by atoms with Gasteiger partial charge in [-0.15, -0.1) is 0 Å². The third-order valence-electron chi connectivity index (χ3n) is 4.75. The SMILES string of the molecule is CCCCCCCC(=O)N(C)CC[N+](CC)(CC)CCO. The Labute approximate surface area is 131 Å². The first-order valence-corrected chi connectivity index (χ1v) is 8.75. The van der Waals surface area contributed by atoms with Gasteiger partial charge in [0.15, 0.2) is 0 Å². The lowest BCUT2D eigenvalue weighted by Gasteiger charge is -2.37. The van der Waals surface area contributed by atoms with Crippen molar-refractivity contribution in [1.29, 1.82) is 0 Å². The summed E-state index contributed by atoms with van der Waals surface area (Å²) < 4.78 is 0.893. The van der Waals surface area contributed by atoms with Crippen LogP contribution in [0.3, 0.4) is 0 Å². The smallest absolute Gasteiger partial charge is 0.222 e. The van der Waals surface area contributed by atoms with Crippen molar-refractivity contribution in [3.63, 3.8) is 0 Å². The van der Waals surface area contributed by atoms with E-state index < -0.39 is 0 Å². The van der Waals surface area contributed by atoms with Gasteiger partial charge in [0.05, 0.1) is 32.8 Å². The fourth-order valence-electron chi connectivity index (χ4n) is 2.74. The first kappa shape index (κ1) is 20.4. The molecule has 0 saturated carbocycles. The number of hydrogen-bond donors (Lipinski definition) is 1. The van der Waals surface area contributed by atoms with E-state index in [0.29, 0.717) is 6.42 Å². The van der Waals surface area contributed by atoms with Crippen molar-refractivity contribution >= 4 is 5.91 Å². The highest BCUT2D eigenvalue weighted by Gasteiger charge is 2.23. The standard InChI is InChI=1S/C17H37N2O2/c1-5-8-9-10-11-12-17(21)18(4)13-14-19(6-2,7-3)15-16-20/h20H,5-16H2,1-4H3/q+1. The van der Waals surface area contributed by atoms with Gasteiger partial charge in [-0.05, 0) is 20.3 Å². The van der Waals surface area contributed by atoms with Crippen molar-refractivity contribution < 1.29 is 14.4 Å². The molecule has 21 heavy (non-hydrogen) atoms. The van der Waals surface area contributed by atoms with Gasteiger partial charge in [-0.1, -0.05) is 32.6 Å². The van der Waals surface area contributed by atoms with Crippen LogP contribution >= 0.6 is 0 Å². The molecular weight excluding hydrogens is 264 g/mol. The average Bonchev–Trinajstić information content (AvgIpc) is 2.50. The maximum absolute atomic E-state index is 12.1. The minimum atomic E-state index is 0.219. The summed E-state index contributed by atoms with van der Waals surface area (Å²) in [5.41, 5.74) is 0. The van der Waals surface area contributed by atoms with Crippen molar-refractivity contribution in [3.8, 4) is 0 Å². The number of unbranched alkanes of at least 4 members (excludes halogenated alkanes) is 4. The van der Waals surface area contributed by atoms with E-state index in [1.807, 2.05) is 11.9 Å². The minimum absolute atomic E-state index is 0.219. The van der Waals surface area contributed by atoms with Crippen LogP contribution in [-0.2, 0) is 4.79 Å². The lowest BCUT2D eigenvalue weighted by atomic mass is 10.1. The van der Waals surface area contributed by atoms with E-state index in [0.717, 1.165) is 43.6 Å². The highest BCUT2D eigenvalue weighted by Crippen LogP contribution is 2.09. The van der Waals surface area contributed by atoms with E-state index in [2.05, 4.69) is 20.8 Å². The maximum atomic E-state index is 12.1. The minimum Gasteiger partial charge on any atom is -0.391 e. The van der Waals surface area contributed by atoms with Crippen LogP contribution in [0.15, 0.2) is 0 Å². The predicted molar refractivity (Wildman–Crippen MR) is 89.2 cm³/mol. The third kappa shape index (κ3) is 8.42. The summed E-state index contributed by atoms with van der Waals surface area (Å²) >= 11 is 0. The molecule has 0 aliphatic carbocycles. The van der Waals surface area contributed by atoms with Gasteiger partial charge in [-0.2, -0.15) is 0 Å². The van der Waals surface area contributed by atoms with E-state index in [9.17, 15) is 9.90 Å². The lowest BCUT2D eigenvalue weighted by Crippen LogP contribution is -2.53. The fraction of sp³-hybridized carbons (Fsp3) is 0.941. The second kappa shape index (κ2) is 12.0. The Morgan fingerprint density at radius 2 is 1.62 bits per heavy atom. The Kier molecular flexibility index (Phi) is 11.6. The second-order valence-electron chi connectivity index (χ2n) is 6.12. The molecule has 0 aliphatic heterocycles. The molecule has 1 N–H and O–H groups in total. The summed E-state index contributed by atoms with van der Waals surface area (Å²) in [4.78, 5) is 14.0. The summed E-state index contributed by atoms with van der Waals surface area (Å²) in [5.74, 6) is 0.265. The summed E-state index contributed by atoms with van der Waals surface area (Å²) in [7, 11) is 1.91. The van der Waals surface area contributed by atoms with Crippen LogP contribution in [-0.4, -0.2) is 66.8 Å². The number of amides is 1. The first-order valence-electron chi connectivity index (χ1n) is 8.75. The Hall–Kier alpha value is -0.610. The van der Waals surface area contributed by atoms with Crippen LogP contribution in [0.4, 0.5) is 0 Å². The second-order valence-corrected chi connectivity index (χ2v) is 6.12. The number of quaternary nitrogens is 1. The lowest BCUT2D eigenvalue weighted by molar-refractivity contribution is -0.924. The van der Waals surface area contributed by atoms with E-state index in [1.165, 1.54) is 25.7 Å². The van der Waals surface area contributed by atoms with Crippen LogP contribution in [0.25, 0.3) is 0 Å². The zero-order valence-corrected chi connectivity index (χ0v) is 14.7. The molecule has 0 radical (unpaired) electrons. The summed E-state index contributed by atoms with van der Waals surface area (Å²) in [6, 6.07) is 0. The number of rotatable bonds is 13. The zero-order chi connectivity index (χ0) is 16.1. The molecular formula is C17H37N2O2+. The molecule has 4 nitrogen and oxygen atoms in total. The van der Waals surface area contributed by atoms with Crippen molar-refractivity contribution in [2.75, 3.05) is 46.4 Å². The molecule has 0 atom stereocenters. The first-order chi connectivity index (χ1) is 10.0. The number of likely N-dealkylation sites (N-methyl/N-ethyl adjacent to an activating group) is 2. The number of aliphatic hydroxyl groups is 1. The van der Waals surface area contributed by atoms with E-state index in [-0.39, 0.29) is 12.5 Å². The average molecular weight is 301 g/mol. The topological polar surface area (TPSA) is 40.5 Å². The number of carbonyl (C=O) groups is 1. The Morgan fingerprint density at radius 3 is 2.14 bits per heavy atom. The Morgan fingerprint density at radius 1 is 1.00 bits per heavy atom. The van der Waals surface area contributed by atoms with Gasteiger partial charge in [0.1, 0.15) is 6.54 Å². The largest absolute Gasteiger partial charge is 0.391 e.